The molecule has 0 radical (unpaired) electrons. The molecule has 0 aromatic heterocycles. The molecule has 5 heteroatoms. The van der Waals surface area contributed by atoms with Crippen molar-refractivity contribution in [3.63, 3.8) is 0 Å². The molecule has 1 aliphatic carbocycles. The first-order valence-corrected chi connectivity index (χ1v) is 10.2. The van der Waals surface area contributed by atoms with Crippen molar-refractivity contribution < 1.29 is 13.2 Å². The zero-order chi connectivity index (χ0) is 18.0. The molecule has 0 aliphatic heterocycles. The molecule has 0 unspecified atom stereocenters. The van der Waals surface area contributed by atoms with Crippen molar-refractivity contribution >= 4 is 10.0 Å². The fourth-order valence-corrected chi connectivity index (χ4v) is 4.71. The van der Waals surface area contributed by atoms with E-state index in [9.17, 15) is 8.42 Å². The third kappa shape index (κ3) is 3.72. The first kappa shape index (κ1) is 18.0. The number of fused-ring (bicyclic) bond motifs is 1. The standard InChI is InChI=1S/C20H25NO3S/c1-4-15-13-19(10-11-20(15)24-3)25(22,23)21-14(2)17-9-8-16-6-5-7-18(16)12-17/h8-14,21H,4-7H2,1-3H3/t14-/m0/s1. The molecule has 0 fully saturated rings. The van der Waals surface area contributed by atoms with Crippen molar-refractivity contribution in [1.82, 2.24) is 4.72 Å². The molecule has 3 rings (SSSR count). The third-order valence-corrected chi connectivity index (χ3v) is 6.44. The Labute approximate surface area is 150 Å². The summed E-state index contributed by atoms with van der Waals surface area (Å²) in [5.74, 6) is 0.716. The minimum atomic E-state index is -3.58. The topological polar surface area (TPSA) is 55.4 Å². The van der Waals surface area contributed by atoms with Gasteiger partial charge in [0.2, 0.25) is 10.0 Å². The average molecular weight is 359 g/mol. The van der Waals surface area contributed by atoms with Gasteiger partial charge in [0.05, 0.1) is 12.0 Å². The van der Waals surface area contributed by atoms with E-state index in [-0.39, 0.29) is 10.9 Å². The lowest BCUT2D eigenvalue weighted by molar-refractivity contribution is 0.409. The monoisotopic (exact) mass is 359 g/mol. The van der Waals surface area contributed by atoms with Gasteiger partial charge in [0.15, 0.2) is 0 Å². The van der Waals surface area contributed by atoms with E-state index in [0.29, 0.717) is 12.2 Å². The molecule has 1 atom stereocenters. The van der Waals surface area contributed by atoms with Crippen LogP contribution in [0.25, 0.3) is 0 Å². The Morgan fingerprint density at radius 1 is 1.12 bits per heavy atom. The molecule has 2 aromatic carbocycles. The number of hydrogen-bond donors (Lipinski definition) is 1. The summed E-state index contributed by atoms with van der Waals surface area (Å²) in [6, 6.07) is 11.0. The molecule has 0 saturated heterocycles. The lowest BCUT2D eigenvalue weighted by Crippen LogP contribution is -2.27. The molecule has 0 heterocycles. The van der Waals surface area contributed by atoms with Crippen LogP contribution in [0, 0.1) is 0 Å². The van der Waals surface area contributed by atoms with Crippen LogP contribution in [0.5, 0.6) is 5.75 Å². The molecule has 4 nitrogen and oxygen atoms in total. The minimum absolute atomic E-state index is 0.275. The fraction of sp³-hybridized carbons (Fsp3) is 0.400. The summed E-state index contributed by atoms with van der Waals surface area (Å²) >= 11 is 0. The summed E-state index contributed by atoms with van der Waals surface area (Å²) in [7, 11) is -1.99. The van der Waals surface area contributed by atoms with E-state index in [1.807, 2.05) is 19.9 Å². The molecule has 2 aromatic rings. The molecule has 25 heavy (non-hydrogen) atoms. The first-order valence-electron chi connectivity index (χ1n) is 8.75. The second kappa shape index (κ2) is 7.18. The highest BCUT2D eigenvalue weighted by Gasteiger charge is 2.21. The molecule has 134 valence electrons. The summed E-state index contributed by atoms with van der Waals surface area (Å²) < 4.78 is 33.6. The van der Waals surface area contributed by atoms with Gasteiger partial charge in [-0.15, -0.1) is 0 Å². The van der Waals surface area contributed by atoms with Gasteiger partial charge in [0, 0.05) is 6.04 Å². The SMILES string of the molecule is CCc1cc(S(=O)(=O)N[C@@H](C)c2ccc3c(c2)CCC3)ccc1OC. The highest BCUT2D eigenvalue weighted by molar-refractivity contribution is 7.89. The summed E-state index contributed by atoms with van der Waals surface area (Å²) in [5.41, 5.74) is 4.63. The van der Waals surface area contributed by atoms with E-state index in [1.165, 1.54) is 17.5 Å². The summed E-state index contributed by atoms with van der Waals surface area (Å²) in [5, 5.41) is 0. The number of benzene rings is 2. The highest BCUT2D eigenvalue weighted by atomic mass is 32.2. The second-order valence-electron chi connectivity index (χ2n) is 6.55. The normalized spacial score (nSPS) is 15.0. The van der Waals surface area contributed by atoms with Gasteiger partial charge in [-0.3, -0.25) is 0 Å². The van der Waals surface area contributed by atoms with Crippen molar-refractivity contribution in [2.75, 3.05) is 7.11 Å². The Morgan fingerprint density at radius 3 is 2.60 bits per heavy atom. The number of methoxy groups -OCH3 is 1. The van der Waals surface area contributed by atoms with Crippen LogP contribution in [0.3, 0.4) is 0 Å². The van der Waals surface area contributed by atoms with Gasteiger partial charge in [0.25, 0.3) is 0 Å². The molecule has 0 spiro atoms. The van der Waals surface area contributed by atoms with Crippen LogP contribution in [0.1, 0.15) is 48.6 Å². The zero-order valence-corrected chi connectivity index (χ0v) is 15.8. The van der Waals surface area contributed by atoms with Crippen LogP contribution in [0.15, 0.2) is 41.3 Å². The third-order valence-electron chi connectivity index (χ3n) is 4.90. The van der Waals surface area contributed by atoms with Crippen LogP contribution < -0.4 is 9.46 Å². The molecule has 1 aliphatic rings. The van der Waals surface area contributed by atoms with Crippen LogP contribution in [0.2, 0.25) is 0 Å². The van der Waals surface area contributed by atoms with Crippen molar-refractivity contribution in [2.45, 2.75) is 50.5 Å². The number of hydrogen-bond acceptors (Lipinski definition) is 3. The lowest BCUT2D eigenvalue weighted by Gasteiger charge is -2.17. The smallest absolute Gasteiger partial charge is 0.241 e. The molecule has 1 N–H and O–H groups in total. The van der Waals surface area contributed by atoms with E-state index in [0.717, 1.165) is 24.0 Å². The van der Waals surface area contributed by atoms with Crippen LogP contribution >= 0.6 is 0 Å². The Morgan fingerprint density at radius 2 is 1.88 bits per heavy atom. The Bertz CT molecular complexity index is 875. The van der Waals surface area contributed by atoms with Gasteiger partial charge in [-0.25, -0.2) is 13.1 Å². The van der Waals surface area contributed by atoms with E-state index in [4.69, 9.17) is 4.74 Å². The zero-order valence-electron chi connectivity index (χ0n) is 15.0. The summed E-state index contributed by atoms with van der Waals surface area (Å²) in [4.78, 5) is 0.276. The van der Waals surface area contributed by atoms with Gasteiger partial charge >= 0.3 is 0 Å². The van der Waals surface area contributed by atoms with Gasteiger partial charge in [-0.2, -0.15) is 0 Å². The van der Waals surface area contributed by atoms with E-state index in [1.54, 1.807) is 25.3 Å². The van der Waals surface area contributed by atoms with Gasteiger partial charge in [0.1, 0.15) is 5.75 Å². The fourth-order valence-electron chi connectivity index (χ4n) is 3.43. The van der Waals surface area contributed by atoms with E-state index < -0.39 is 10.0 Å². The van der Waals surface area contributed by atoms with Gasteiger partial charge in [-0.05, 0) is 73.1 Å². The number of sulfonamides is 1. The molecule has 0 bridgehead atoms. The quantitative estimate of drug-likeness (QED) is 0.854. The molecular formula is C20H25NO3S. The molecule has 0 amide bonds. The predicted octanol–water partition coefficient (Wildman–Crippen LogP) is 3.79. The maximum absolute atomic E-state index is 12.8. The Balaban J connectivity index is 1.83. The average Bonchev–Trinajstić information content (AvgIpc) is 3.08. The summed E-state index contributed by atoms with van der Waals surface area (Å²) in [6.45, 7) is 3.87. The van der Waals surface area contributed by atoms with Crippen LogP contribution in [-0.4, -0.2) is 15.5 Å². The maximum Gasteiger partial charge on any atom is 0.241 e. The molecular weight excluding hydrogens is 334 g/mol. The number of aryl methyl sites for hydroxylation is 3. The van der Waals surface area contributed by atoms with Crippen molar-refractivity contribution in [1.29, 1.82) is 0 Å². The highest BCUT2D eigenvalue weighted by Crippen LogP contribution is 2.27. The van der Waals surface area contributed by atoms with Gasteiger partial charge < -0.3 is 4.74 Å². The van der Waals surface area contributed by atoms with Gasteiger partial charge in [-0.1, -0.05) is 25.1 Å². The van der Waals surface area contributed by atoms with Crippen LogP contribution in [0.4, 0.5) is 0 Å². The largest absolute Gasteiger partial charge is 0.496 e. The second-order valence-corrected chi connectivity index (χ2v) is 8.27. The Hall–Kier alpha value is -1.85. The predicted molar refractivity (Wildman–Crippen MR) is 99.6 cm³/mol. The van der Waals surface area contributed by atoms with E-state index in [2.05, 4.69) is 16.9 Å². The van der Waals surface area contributed by atoms with Crippen molar-refractivity contribution in [3.8, 4) is 5.75 Å². The lowest BCUT2D eigenvalue weighted by atomic mass is 10.0. The number of ether oxygens (including phenoxy) is 1. The Kier molecular flexibility index (Phi) is 5.16. The van der Waals surface area contributed by atoms with Crippen molar-refractivity contribution in [2.24, 2.45) is 0 Å². The van der Waals surface area contributed by atoms with Crippen LogP contribution in [-0.2, 0) is 29.3 Å². The first-order chi connectivity index (χ1) is 11.9. The maximum atomic E-state index is 12.8. The number of nitrogens with one attached hydrogen (secondary N) is 1. The van der Waals surface area contributed by atoms with Crippen molar-refractivity contribution in [3.05, 3.63) is 58.7 Å². The minimum Gasteiger partial charge on any atom is -0.496 e. The number of rotatable bonds is 6. The summed E-state index contributed by atoms with van der Waals surface area (Å²) in [6.07, 6.45) is 4.11. The molecule has 0 saturated carbocycles. The van der Waals surface area contributed by atoms with E-state index >= 15 is 0 Å².